The molecule has 2 aliphatic rings. The molecule has 6 rings (SSSR count). The second-order valence-electron chi connectivity index (χ2n) is 9.57. The third kappa shape index (κ3) is 3.69. The van der Waals surface area contributed by atoms with Crippen molar-refractivity contribution in [3.05, 3.63) is 53.9 Å². The summed E-state index contributed by atoms with van der Waals surface area (Å²) < 4.78 is 17.8. The third-order valence-electron chi connectivity index (χ3n) is 7.00. The van der Waals surface area contributed by atoms with Gasteiger partial charge >= 0.3 is 0 Å². The van der Waals surface area contributed by atoms with Crippen molar-refractivity contribution >= 4 is 33.8 Å². The van der Waals surface area contributed by atoms with Gasteiger partial charge in [-0.05, 0) is 38.3 Å². The van der Waals surface area contributed by atoms with Crippen LogP contribution in [-0.4, -0.2) is 50.2 Å². The van der Waals surface area contributed by atoms with E-state index in [0.717, 1.165) is 30.6 Å². The number of halogens is 1. The second-order valence-corrected chi connectivity index (χ2v) is 9.57. The summed E-state index contributed by atoms with van der Waals surface area (Å²) in [6.07, 6.45) is 10.4. The highest BCUT2D eigenvalue weighted by Gasteiger charge is 2.29. The SMILES string of the molecule is Cc1cn2cc(NC(=O)c3ccc(N4CC[C@@H](NC5CCC5)C4)c4cn(C)nc34)cc(F)c2n1. The standard InChI is InChI=1S/C25H28FN7O/c1-15-11-33-13-18(10-21(26)24(33)27-15)29-25(34)19-6-7-22(20-14-31(2)30-23(19)20)32-9-8-17(12-32)28-16-4-3-5-16/h6-7,10-11,13-14,16-17,28H,3-5,8-9,12H2,1-2H3,(H,29,34)/t17-/m1/s1. The van der Waals surface area contributed by atoms with Crippen LogP contribution in [0.25, 0.3) is 16.6 Å². The highest BCUT2D eigenvalue weighted by Crippen LogP contribution is 2.32. The quantitative estimate of drug-likeness (QED) is 0.474. The molecule has 2 fully saturated rings. The van der Waals surface area contributed by atoms with E-state index in [1.807, 2.05) is 25.4 Å². The van der Waals surface area contributed by atoms with Gasteiger partial charge in [0.1, 0.15) is 5.52 Å². The molecule has 8 nitrogen and oxygen atoms in total. The van der Waals surface area contributed by atoms with Crippen molar-refractivity contribution in [3.8, 4) is 0 Å². The Hall–Kier alpha value is -3.46. The van der Waals surface area contributed by atoms with Crippen molar-refractivity contribution in [3.63, 3.8) is 0 Å². The van der Waals surface area contributed by atoms with Crippen molar-refractivity contribution in [2.45, 2.75) is 44.7 Å². The van der Waals surface area contributed by atoms with E-state index in [2.05, 4.69) is 25.6 Å². The number of imidazole rings is 1. The van der Waals surface area contributed by atoms with Crippen molar-refractivity contribution in [1.82, 2.24) is 24.5 Å². The fourth-order valence-corrected chi connectivity index (χ4v) is 5.13. The lowest BCUT2D eigenvalue weighted by molar-refractivity contribution is 0.102. The highest BCUT2D eigenvalue weighted by atomic mass is 19.1. The second kappa shape index (κ2) is 8.09. The number of amides is 1. The molecule has 2 N–H and O–H groups in total. The molecule has 0 unspecified atom stereocenters. The summed E-state index contributed by atoms with van der Waals surface area (Å²) in [5.41, 5.74) is 3.52. The third-order valence-corrected chi connectivity index (χ3v) is 7.00. The summed E-state index contributed by atoms with van der Waals surface area (Å²) in [4.78, 5) is 19.8. The molecule has 34 heavy (non-hydrogen) atoms. The van der Waals surface area contributed by atoms with E-state index in [-0.39, 0.29) is 11.6 Å². The lowest BCUT2D eigenvalue weighted by Gasteiger charge is -2.30. The van der Waals surface area contributed by atoms with Crippen LogP contribution in [0.4, 0.5) is 15.8 Å². The normalized spacial score (nSPS) is 18.7. The number of hydrogen-bond donors (Lipinski definition) is 2. The molecule has 1 aromatic carbocycles. The Balaban J connectivity index is 1.27. The van der Waals surface area contributed by atoms with Crippen molar-refractivity contribution in [2.75, 3.05) is 23.3 Å². The van der Waals surface area contributed by atoms with Gasteiger partial charge < -0.3 is 19.9 Å². The Morgan fingerprint density at radius 2 is 2.00 bits per heavy atom. The highest BCUT2D eigenvalue weighted by molar-refractivity contribution is 6.13. The molecule has 9 heteroatoms. The number of anilines is 2. The first-order valence-electron chi connectivity index (χ1n) is 11.9. The van der Waals surface area contributed by atoms with Crippen LogP contribution in [0.3, 0.4) is 0 Å². The van der Waals surface area contributed by atoms with Crippen molar-refractivity contribution < 1.29 is 9.18 Å². The average Bonchev–Trinajstić information content (AvgIpc) is 3.47. The van der Waals surface area contributed by atoms with Gasteiger partial charge in [0.25, 0.3) is 5.91 Å². The smallest absolute Gasteiger partial charge is 0.257 e. The van der Waals surface area contributed by atoms with E-state index >= 15 is 0 Å². The Morgan fingerprint density at radius 3 is 2.79 bits per heavy atom. The van der Waals surface area contributed by atoms with Crippen LogP contribution >= 0.6 is 0 Å². The van der Waals surface area contributed by atoms with Gasteiger partial charge in [-0.15, -0.1) is 0 Å². The number of fused-ring (bicyclic) bond motifs is 2. The van der Waals surface area contributed by atoms with Gasteiger partial charge in [-0.3, -0.25) is 9.48 Å². The fraction of sp³-hybridized carbons (Fsp3) is 0.400. The molecule has 1 amide bonds. The number of pyridine rings is 1. The monoisotopic (exact) mass is 461 g/mol. The Morgan fingerprint density at radius 1 is 1.15 bits per heavy atom. The molecule has 1 saturated carbocycles. The molecular formula is C25H28FN7O. The molecule has 1 saturated heterocycles. The van der Waals surface area contributed by atoms with Crippen LogP contribution in [-0.2, 0) is 7.05 Å². The molecule has 0 bridgehead atoms. The summed E-state index contributed by atoms with van der Waals surface area (Å²) in [5.74, 6) is -0.805. The zero-order chi connectivity index (χ0) is 23.4. The zero-order valence-corrected chi connectivity index (χ0v) is 19.4. The van der Waals surface area contributed by atoms with Crippen LogP contribution in [0.5, 0.6) is 0 Å². The first kappa shape index (κ1) is 21.1. The van der Waals surface area contributed by atoms with E-state index in [4.69, 9.17) is 0 Å². The molecular weight excluding hydrogens is 433 g/mol. The molecule has 176 valence electrons. The predicted molar refractivity (Wildman–Crippen MR) is 130 cm³/mol. The molecule has 4 aromatic rings. The van der Waals surface area contributed by atoms with E-state index in [1.54, 1.807) is 28.4 Å². The maximum absolute atomic E-state index is 14.5. The first-order valence-corrected chi connectivity index (χ1v) is 11.9. The molecule has 1 aliphatic heterocycles. The van der Waals surface area contributed by atoms with E-state index in [0.29, 0.717) is 34.5 Å². The predicted octanol–water partition coefficient (Wildman–Crippen LogP) is 3.64. The van der Waals surface area contributed by atoms with Crippen LogP contribution in [0.1, 0.15) is 41.7 Å². The van der Waals surface area contributed by atoms with E-state index in [9.17, 15) is 9.18 Å². The van der Waals surface area contributed by atoms with E-state index < -0.39 is 5.82 Å². The maximum Gasteiger partial charge on any atom is 0.257 e. The number of aromatic nitrogens is 4. The van der Waals surface area contributed by atoms with Gasteiger partial charge in [-0.25, -0.2) is 9.37 Å². The number of nitrogens with zero attached hydrogens (tertiary/aromatic N) is 5. The Kier molecular flexibility index (Phi) is 5.02. The van der Waals surface area contributed by atoms with Gasteiger partial charge in [-0.1, -0.05) is 6.42 Å². The first-order chi connectivity index (χ1) is 16.4. The average molecular weight is 462 g/mol. The summed E-state index contributed by atoms with van der Waals surface area (Å²) in [5, 5.41) is 12.2. The maximum atomic E-state index is 14.5. The number of nitrogens with one attached hydrogen (secondary N) is 2. The van der Waals surface area contributed by atoms with Gasteiger partial charge in [0.05, 0.1) is 16.9 Å². The van der Waals surface area contributed by atoms with Crippen molar-refractivity contribution in [2.24, 2.45) is 7.05 Å². The fourth-order valence-electron chi connectivity index (χ4n) is 5.13. The zero-order valence-electron chi connectivity index (χ0n) is 19.4. The Bertz CT molecular complexity index is 1400. The van der Waals surface area contributed by atoms with Crippen LogP contribution < -0.4 is 15.5 Å². The lowest BCUT2D eigenvalue weighted by atomic mass is 9.92. The number of benzene rings is 1. The number of hydrogen-bond acceptors (Lipinski definition) is 5. The van der Waals surface area contributed by atoms with Gasteiger partial charge in [0, 0.05) is 68.0 Å². The molecule has 4 heterocycles. The summed E-state index contributed by atoms with van der Waals surface area (Å²) >= 11 is 0. The minimum Gasteiger partial charge on any atom is -0.369 e. The van der Waals surface area contributed by atoms with Crippen LogP contribution in [0.2, 0.25) is 0 Å². The Labute approximate surface area is 196 Å². The van der Waals surface area contributed by atoms with Gasteiger partial charge in [0.15, 0.2) is 11.5 Å². The molecule has 0 radical (unpaired) electrons. The number of carbonyl (C=O) groups excluding carboxylic acids is 1. The van der Waals surface area contributed by atoms with Crippen LogP contribution in [0.15, 0.2) is 36.8 Å². The summed E-state index contributed by atoms with van der Waals surface area (Å²) in [6, 6.07) is 6.29. The lowest BCUT2D eigenvalue weighted by Crippen LogP contribution is -2.43. The molecule has 1 aliphatic carbocycles. The molecule has 3 aromatic heterocycles. The molecule has 0 spiro atoms. The number of aryl methyl sites for hydroxylation is 2. The molecule has 1 atom stereocenters. The largest absolute Gasteiger partial charge is 0.369 e. The summed E-state index contributed by atoms with van der Waals surface area (Å²) in [7, 11) is 1.86. The minimum absolute atomic E-state index is 0.239. The number of rotatable bonds is 5. The van der Waals surface area contributed by atoms with Gasteiger partial charge in [0.2, 0.25) is 0 Å². The van der Waals surface area contributed by atoms with E-state index in [1.165, 1.54) is 25.3 Å². The summed E-state index contributed by atoms with van der Waals surface area (Å²) in [6.45, 7) is 3.73. The number of carbonyl (C=O) groups is 1. The topological polar surface area (TPSA) is 79.5 Å². The van der Waals surface area contributed by atoms with Crippen molar-refractivity contribution in [1.29, 1.82) is 0 Å². The minimum atomic E-state index is -0.483. The van der Waals surface area contributed by atoms with Gasteiger partial charge in [-0.2, -0.15) is 5.10 Å². The van der Waals surface area contributed by atoms with Crippen LogP contribution in [0, 0.1) is 12.7 Å².